The number of nitrogens with one attached hydrogen (secondary N) is 2. The summed E-state index contributed by atoms with van der Waals surface area (Å²) in [7, 11) is 0. The molecule has 0 spiro atoms. The maximum absolute atomic E-state index is 12.4. The van der Waals surface area contributed by atoms with Gasteiger partial charge >= 0.3 is 0 Å². The van der Waals surface area contributed by atoms with E-state index in [-0.39, 0.29) is 11.8 Å². The number of hydrogen-bond acceptors (Lipinski definition) is 2. The summed E-state index contributed by atoms with van der Waals surface area (Å²) in [5.41, 5.74) is 0.876. The summed E-state index contributed by atoms with van der Waals surface area (Å²) in [5.74, 6) is 0.252. The summed E-state index contributed by atoms with van der Waals surface area (Å²) < 4.78 is 1.07. The lowest BCUT2D eigenvalue weighted by Crippen LogP contribution is -2.40. The van der Waals surface area contributed by atoms with Crippen LogP contribution in [0.15, 0.2) is 40.9 Å². The fourth-order valence-corrected chi connectivity index (χ4v) is 3.29. The SMILES string of the molecule is CC1CC(C(=O)Nc2ccc3cc(Br)ccc3c2)CCN1. The zero-order valence-electron chi connectivity index (χ0n) is 12.0. The summed E-state index contributed by atoms with van der Waals surface area (Å²) in [6.07, 6.45) is 1.82. The summed E-state index contributed by atoms with van der Waals surface area (Å²) in [5, 5.41) is 8.73. The van der Waals surface area contributed by atoms with Crippen molar-refractivity contribution in [2.24, 2.45) is 5.92 Å². The Kier molecular flexibility index (Phi) is 4.27. The van der Waals surface area contributed by atoms with Gasteiger partial charge in [-0.2, -0.15) is 0 Å². The van der Waals surface area contributed by atoms with Crippen molar-refractivity contribution in [3.63, 3.8) is 0 Å². The number of rotatable bonds is 2. The molecule has 21 heavy (non-hydrogen) atoms. The molecule has 1 heterocycles. The Morgan fingerprint density at radius 3 is 2.81 bits per heavy atom. The largest absolute Gasteiger partial charge is 0.326 e. The topological polar surface area (TPSA) is 41.1 Å². The summed E-state index contributed by atoms with van der Waals surface area (Å²) in [6, 6.07) is 12.6. The molecule has 3 rings (SSSR count). The Balaban J connectivity index is 1.75. The van der Waals surface area contributed by atoms with Gasteiger partial charge in [0.1, 0.15) is 0 Å². The zero-order valence-corrected chi connectivity index (χ0v) is 13.6. The molecule has 1 saturated heterocycles. The number of carbonyl (C=O) groups is 1. The lowest BCUT2D eigenvalue weighted by atomic mass is 9.92. The number of amides is 1. The lowest BCUT2D eigenvalue weighted by molar-refractivity contribution is -0.120. The van der Waals surface area contributed by atoms with Crippen LogP contribution in [-0.2, 0) is 4.79 Å². The molecule has 3 nitrogen and oxygen atoms in total. The van der Waals surface area contributed by atoms with Gasteiger partial charge < -0.3 is 10.6 Å². The molecule has 0 radical (unpaired) electrons. The number of anilines is 1. The van der Waals surface area contributed by atoms with Gasteiger partial charge in [-0.25, -0.2) is 0 Å². The van der Waals surface area contributed by atoms with Crippen LogP contribution in [0.1, 0.15) is 19.8 Å². The van der Waals surface area contributed by atoms with E-state index in [1.54, 1.807) is 0 Å². The highest BCUT2D eigenvalue weighted by Crippen LogP contribution is 2.24. The standard InChI is InChI=1S/C17H19BrN2O/c1-11-8-14(6-7-19-11)17(21)20-16-5-3-12-9-15(18)4-2-13(12)10-16/h2-5,9-11,14,19H,6-8H2,1H3,(H,20,21). The van der Waals surface area contributed by atoms with Crippen molar-refractivity contribution in [1.29, 1.82) is 0 Å². The first-order chi connectivity index (χ1) is 10.1. The van der Waals surface area contributed by atoms with E-state index in [0.717, 1.165) is 40.3 Å². The molecule has 2 atom stereocenters. The van der Waals surface area contributed by atoms with Crippen molar-refractivity contribution >= 4 is 38.3 Å². The van der Waals surface area contributed by atoms with E-state index in [0.29, 0.717) is 6.04 Å². The van der Waals surface area contributed by atoms with E-state index in [1.165, 1.54) is 0 Å². The monoisotopic (exact) mass is 346 g/mol. The van der Waals surface area contributed by atoms with Crippen molar-refractivity contribution < 1.29 is 4.79 Å². The number of halogens is 1. The minimum absolute atomic E-state index is 0.113. The van der Waals surface area contributed by atoms with Crippen LogP contribution in [0.2, 0.25) is 0 Å². The molecule has 1 aliphatic heterocycles. The molecule has 0 aliphatic carbocycles. The van der Waals surface area contributed by atoms with Crippen LogP contribution in [-0.4, -0.2) is 18.5 Å². The van der Waals surface area contributed by atoms with Gasteiger partial charge in [-0.05, 0) is 61.3 Å². The van der Waals surface area contributed by atoms with Gasteiger partial charge in [0.2, 0.25) is 5.91 Å². The van der Waals surface area contributed by atoms with Gasteiger partial charge in [0, 0.05) is 22.1 Å². The van der Waals surface area contributed by atoms with Crippen LogP contribution in [0.5, 0.6) is 0 Å². The predicted molar refractivity (Wildman–Crippen MR) is 90.5 cm³/mol. The molecule has 2 N–H and O–H groups in total. The van der Waals surface area contributed by atoms with E-state index in [1.807, 2.05) is 24.3 Å². The van der Waals surface area contributed by atoms with Crippen molar-refractivity contribution in [2.75, 3.05) is 11.9 Å². The number of benzene rings is 2. The molecule has 1 fully saturated rings. The Labute approximate surface area is 133 Å². The summed E-state index contributed by atoms with van der Waals surface area (Å²) in [4.78, 5) is 12.4. The Hall–Kier alpha value is -1.39. The average Bonchev–Trinajstić information content (AvgIpc) is 2.47. The van der Waals surface area contributed by atoms with Gasteiger partial charge in [-0.1, -0.05) is 28.1 Å². The molecule has 110 valence electrons. The normalized spacial score (nSPS) is 22.2. The fourth-order valence-electron chi connectivity index (χ4n) is 2.91. The average molecular weight is 347 g/mol. The lowest BCUT2D eigenvalue weighted by Gasteiger charge is -2.27. The van der Waals surface area contributed by atoms with E-state index in [4.69, 9.17) is 0 Å². The molecular formula is C17H19BrN2O. The third-order valence-electron chi connectivity index (χ3n) is 4.06. The number of fused-ring (bicyclic) bond motifs is 1. The number of carbonyl (C=O) groups excluding carboxylic acids is 1. The molecule has 2 aromatic carbocycles. The summed E-state index contributed by atoms with van der Waals surface area (Å²) >= 11 is 3.47. The van der Waals surface area contributed by atoms with E-state index >= 15 is 0 Å². The first-order valence-corrected chi connectivity index (χ1v) is 8.15. The van der Waals surface area contributed by atoms with Crippen LogP contribution in [0, 0.1) is 5.92 Å². The van der Waals surface area contributed by atoms with Crippen LogP contribution in [0.3, 0.4) is 0 Å². The molecule has 1 aliphatic rings. The third-order valence-corrected chi connectivity index (χ3v) is 4.56. The maximum atomic E-state index is 12.4. The molecule has 0 saturated carbocycles. The smallest absolute Gasteiger partial charge is 0.227 e. The molecule has 0 aromatic heterocycles. The van der Waals surface area contributed by atoms with E-state index < -0.39 is 0 Å². The first kappa shape index (κ1) is 14.5. The second-order valence-corrected chi connectivity index (χ2v) is 6.69. The zero-order chi connectivity index (χ0) is 14.8. The van der Waals surface area contributed by atoms with Crippen LogP contribution < -0.4 is 10.6 Å². The Morgan fingerprint density at radius 2 is 2.00 bits per heavy atom. The highest BCUT2D eigenvalue weighted by atomic mass is 79.9. The van der Waals surface area contributed by atoms with Crippen molar-refractivity contribution in [1.82, 2.24) is 5.32 Å². The predicted octanol–water partition coefficient (Wildman–Crippen LogP) is 3.93. The van der Waals surface area contributed by atoms with Gasteiger partial charge in [0.05, 0.1) is 0 Å². The highest BCUT2D eigenvalue weighted by molar-refractivity contribution is 9.10. The quantitative estimate of drug-likeness (QED) is 0.864. The molecule has 0 bridgehead atoms. The second-order valence-electron chi connectivity index (χ2n) is 5.77. The highest BCUT2D eigenvalue weighted by Gasteiger charge is 2.24. The maximum Gasteiger partial charge on any atom is 0.227 e. The van der Waals surface area contributed by atoms with Crippen molar-refractivity contribution in [3.05, 3.63) is 40.9 Å². The van der Waals surface area contributed by atoms with Crippen LogP contribution in [0.25, 0.3) is 10.8 Å². The van der Waals surface area contributed by atoms with Gasteiger partial charge in [-0.15, -0.1) is 0 Å². The number of hydrogen-bond donors (Lipinski definition) is 2. The minimum Gasteiger partial charge on any atom is -0.326 e. The molecule has 2 unspecified atom stereocenters. The van der Waals surface area contributed by atoms with Gasteiger partial charge in [0.15, 0.2) is 0 Å². The Bertz CT molecular complexity index is 671. The molecule has 4 heteroatoms. The summed E-state index contributed by atoms with van der Waals surface area (Å²) in [6.45, 7) is 3.05. The van der Waals surface area contributed by atoms with Crippen LogP contribution >= 0.6 is 15.9 Å². The van der Waals surface area contributed by atoms with Gasteiger partial charge in [-0.3, -0.25) is 4.79 Å². The second kappa shape index (κ2) is 6.16. The number of piperidine rings is 1. The van der Waals surface area contributed by atoms with Gasteiger partial charge in [0.25, 0.3) is 0 Å². The minimum atomic E-state index is 0.113. The fraction of sp³-hybridized carbons (Fsp3) is 0.353. The molecule has 1 amide bonds. The van der Waals surface area contributed by atoms with E-state index in [2.05, 4.69) is 45.6 Å². The first-order valence-electron chi connectivity index (χ1n) is 7.35. The molecular weight excluding hydrogens is 328 g/mol. The third kappa shape index (κ3) is 3.44. The van der Waals surface area contributed by atoms with E-state index in [9.17, 15) is 4.79 Å². The van der Waals surface area contributed by atoms with Crippen molar-refractivity contribution in [2.45, 2.75) is 25.8 Å². The Morgan fingerprint density at radius 1 is 1.24 bits per heavy atom. The van der Waals surface area contributed by atoms with Crippen molar-refractivity contribution in [3.8, 4) is 0 Å². The van der Waals surface area contributed by atoms with Crippen LogP contribution in [0.4, 0.5) is 5.69 Å². The molecule has 2 aromatic rings.